The maximum Gasteiger partial charge on any atom is 0.226 e. The first-order valence-electron chi connectivity index (χ1n) is 11.8. The summed E-state index contributed by atoms with van der Waals surface area (Å²) in [5, 5.41) is 6.04. The van der Waals surface area contributed by atoms with Gasteiger partial charge in [-0.3, -0.25) is 0 Å². The monoisotopic (exact) mass is 495 g/mol. The Morgan fingerprint density at radius 3 is 2.54 bits per heavy atom. The van der Waals surface area contributed by atoms with Gasteiger partial charge in [0, 0.05) is 33.8 Å². The van der Waals surface area contributed by atoms with E-state index in [0.717, 1.165) is 72.8 Å². The summed E-state index contributed by atoms with van der Waals surface area (Å²) in [4.78, 5) is 17.4. The van der Waals surface area contributed by atoms with Crippen molar-refractivity contribution in [3.8, 4) is 34.1 Å². The van der Waals surface area contributed by atoms with E-state index in [1.165, 1.54) is 0 Å². The van der Waals surface area contributed by atoms with Gasteiger partial charge in [-0.2, -0.15) is 0 Å². The molecule has 4 heterocycles. The molecule has 0 aliphatic rings. The van der Waals surface area contributed by atoms with Crippen molar-refractivity contribution >= 4 is 21.9 Å². The molecule has 1 N–H and O–H groups in total. The van der Waals surface area contributed by atoms with Crippen LogP contribution in [-0.4, -0.2) is 39.3 Å². The molecule has 2 aromatic carbocycles. The zero-order valence-corrected chi connectivity index (χ0v) is 21.2. The molecule has 6 aromatic rings. The van der Waals surface area contributed by atoms with Gasteiger partial charge < -0.3 is 23.4 Å². The maximum atomic E-state index is 5.82. The minimum absolute atomic E-state index is 0.528. The van der Waals surface area contributed by atoms with Crippen LogP contribution in [0.5, 0.6) is 11.5 Å². The lowest BCUT2D eigenvalue weighted by atomic mass is 9.98. The van der Waals surface area contributed by atoms with E-state index in [4.69, 9.17) is 28.4 Å². The van der Waals surface area contributed by atoms with Crippen LogP contribution in [0.4, 0.5) is 0 Å². The normalized spacial score (nSPS) is 11.5. The molecule has 0 aliphatic carbocycles. The van der Waals surface area contributed by atoms with Crippen molar-refractivity contribution in [2.75, 3.05) is 14.2 Å². The van der Waals surface area contributed by atoms with Crippen molar-refractivity contribution in [1.29, 1.82) is 0 Å². The lowest BCUT2D eigenvalue weighted by molar-refractivity contribution is 0.393. The number of oxazole rings is 1. The Morgan fingerprint density at radius 2 is 1.84 bits per heavy atom. The number of nitrogens with one attached hydrogen (secondary N) is 1. The Labute approximate surface area is 212 Å². The molecule has 0 amide bonds. The highest BCUT2D eigenvalue weighted by Gasteiger charge is 2.21. The first-order valence-corrected chi connectivity index (χ1v) is 11.8. The third-order valence-corrected chi connectivity index (χ3v) is 6.60. The van der Waals surface area contributed by atoms with Crippen molar-refractivity contribution in [1.82, 2.24) is 25.1 Å². The number of hydrogen-bond acceptors (Lipinski definition) is 8. The van der Waals surface area contributed by atoms with Gasteiger partial charge in [0.15, 0.2) is 0 Å². The third-order valence-electron chi connectivity index (χ3n) is 6.60. The van der Waals surface area contributed by atoms with Gasteiger partial charge >= 0.3 is 0 Å². The van der Waals surface area contributed by atoms with Crippen molar-refractivity contribution in [3.05, 3.63) is 71.3 Å². The fraction of sp³-hybridized carbons (Fsp3) is 0.214. The van der Waals surface area contributed by atoms with E-state index in [0.29, 0.717) is 18.1 Å². The largest absolute Gasteiger partial charge is 0.497 e. The van der Waals surface area contributed by atoms with Gasteiger partial charge in [0.25, 0.3) is 0 Å². The highest BCUT2D eigenvalue weighted by atomic mass is 16.5. The molecular formula is C28H25N5O4. The first kappa shape index (κ1) is 22.8. The average molecular weight is 496 g/mol. The summed E-state index contributed by atoms with van der Waals surface area (Å²) < 4.78 is 22.3. The Kier molecular flexibility index (Phi) is 5.40. The molecule has 186 valence electrons. The minimum Gasteiger partial charge on any atom is -0.497 e. The number of nitrogens with zero attached hydrogens (tertiary/aromatic N) is 4. The van der Waals surface area contributed by atoms with E-state index in [-0.39, 0.29) is 0 Å². The van der Waals surface area contributed by atoms with Crippen molar-refractivity contribution in [2.24, 2.45) is 0 Å². The molecule has 4 aromatic heterocycles. The summed E-state index contributed by atoms with van der Waals surface area (Å²) in [6.45, 7) is 5.72. The van der Waals surface area contributed by atoms with Crippen LogP contribution in [0.15, 0.2) is 51.7 Å². The van der Waals surface area contributed by atoms with Crippen molar-refractivity contribution < 1.29 is 18.4 Å². The summed E-state index contributed by atoms with van der Waals surface area (Å²) in [5.41, 5.74) is 7.08. The SMILES string of the molecule is COc1ccc(Cc2nc(C)nc3[nH]c4cc(-c5c(C)noc5C)c(OC)cc4c23)c(-c2ncco2)c1. The first-order chi connectivity index (χ1) is 18.0. The highest BCUT2D eigenvalue weighted by Crippen LogP contribution is 2.40. The summed E-state index contributed by atoms with van der Waals surface area (Å²) in [6.07, 6.45) is 3.74. The van der Waals surface area contributed by atoms with E-state index >= 15 is 0 Å². The third kappa shape index (κ3) is 3.79. The Balaban J connectivity index is 1.56. The zero-order chi connectivity index (χ0) is 25.7. The topological polar surface area (TPSA) is 112 Å². The van der Waals surface area contributed by atoms with Crippen LogP contribution in [0.2, 0.25) is 0 Å². The van der Waals surface area contributed by atoms with Crippen LogP contribution < -0.4 is 9.47 Å². The number of benzene rings is 2. The smallest absolute Gasteiger partial charge is 0.226 e. The van der Waals surface area contributed by atoms with Gasteiger partial charge in [-0.05, 0) is 50.6 Å². The molecule has 37 heavy (non-hydrogen) atoms. The second-order valence-corrected chi connectivity index (χ2v) is 8.90. The number of methoxy groups -OCH3 is 2. The van der Waals surface area contributed by atoms with Crippen LogP contribution in [0, 0.1) is 20.8 Å². The molecule has 0 aliphatic heterocycles. The molecule has 9 heteroatoms. The molecule has 0 fully saturated rings. The molecule has 0 unspecified atom stereocenters. The summed E-state index contributed by atoms with van der Waals surface area (Å²) >= 11 is 0. The van der Waals surface area contributed by atoms with Crippen molar-refractivity contribution in [2.45, 2.75) is 27.2 Å². The lowest BCUT2D eigenvalue weighted by Crippen LogP contribution is -2.00. The van der Waals surface area contributed by atoms with Crippen LogP contribution in [0.1, 0.15) is 28.5 Å². The molecule has 0 atom stereocenters. The van der Waals surface area contributed by atoms with E-state index in [2.05, 4.69) is 21.2 Å². The second-order valence-electron chi connectivity index (χ2n) is 8.90. The van der Waals surface area contributed by atoms with Gasteiger partial charge in [-0.25, -0.2) is 15.0 Å². The molecule has 0 bridgehead atoms. The van der Waals surface area contributed by atoms with E-state index < -0.39 is 0 Å². The molecule has 0 saturated heterocycles. The number of aryl methyl sites for hydroxylation is 3. The zero-order valence-electron chi connectivity index (χ0n) is 21.2. The number of aromatic amines is 1. The summed E-state index contributed by atoms with van der Waals surface area (Å²) in [7, 11) is 3.31. The Bertz CT molecular complexity index is 1750. The molecule has 6 rings (SSSR count). The van der Waals surface area contributed by atoms with Gasteiger partial charge in [-0.15, -0.1) is 0 Å². The van der Waals surface area contributed by atoms with Crippen LogP contribution >= 0.6 is 0 Å². The van der Waals surface area contributed by atoms with Crippen molar-refractivity contribution in [3.63, 3.8) is 0 Å². The second kappa shape index (κ2) is 8.77. The number of aromatic nitrogens is 5. The molecule has 0 saturated carbocycles. The van der Waals surface area contributed by atoms with Gasteiger partial charge in [0.05, 0.1) is 37.4 Å². The molecular weight excluding hydrogens is 470 g/mol. The van der Waals surface area contributed by atoms with E-state index in [1.54, 1.807) is 26.7 Å². The maximum absolute atomic E-state index is 5.82. The van der Waals surface area contributed by atoms with E-state index in [9.17, 15) is 0 Å². The highest BCUT2D eigenvalue weighted by molar-refractivity contribution is 6.09. The average Bonchev–Trinajstić information content (AvgIpc) is 3.62. The predicted molar refractivity (Wildman–Crippen MR) is 139 cm³/mol. The quantitative estimate of drug-likeness (QED) is 0.301. The Hall–Kier alpha value is -4.66. The number of rotatable bonds is 6. The fourth-order valence-electron chi connectivity index (χ4n) is 4.95. The summed E-state index contributed by atoms with van der Waals surface area (Å²) in [6, 6.07) is 9.97. The lowest BCUT2D eigenvalue weighted by Gasteiger charge is -2.11. The standard InChI is InChI=1S/C28H25N5O4/c1-14-25(15(2)37-33-14)21-12-22-20(13-24(21)35-5)26-23(30-16(3)31-27(26)32-22)10-17-6-7-18(34-4)11-19(17)28-29-8-9-36-28/h6-9,11-13H,10H2,1-5H3,(H,30,31,32). The predicted octanol–water partition coefficient (Wildman–Crippen LogP) is 5.95. The molecule has 0 spiro atoms. The van der Waals surface area contributed by atoms with E-state index in [1.807, 2.05) is 45.0 Å². The van der Waals surface area contributed by atoms with Crippen LogP contribution in [0.3, 0.4) is 0 Å². The van der Waals surface area contributed by atoms with Gasteiger partial charge in [-0.1, -0.05) is 11.2 Å². The number of fused-ring (bicyclic) bond motifs is 3. The summed E-state index contributed by atoms with van der Waals surface area (Å²) in [5.74, 6) is 3.39. The molecule has 0 radical (unpaired) electrons. The number of ether oxygens (including phenoxy) is 2. The Morgan fingerprint density at radius 1 is 0.973 bits per heavy atom. The minimum atomic E-state index is 0.528. The van der Waals surface area contributed by atoms with Crippen LogP contribution in [0.25, 0.3) is 44.5 Å². The number of H-pyrrole nitrogens is 1. The molecule has 9 nitrogen and oxygen atoms in total. The van der Waals surface area contributed by atoms with Gasteiger partial charge in [0.2, 0.25) is 5.89 Å². The van der Waals surface area contributed by atoms with Gasteiger partial charge in [0.1, 0.15) is 35.0 Å². The fourth-order valence-corrected chi connectivity index (χ4v) is 4.95. The van der Waals surface area contributed by atoms with Crippen LogP contribution in [-0.2, 0) is 6.42 Å². The number of hydrogen-bond donors (Lipinski definition) is 1.